The summed E-state index contributed by atoms with van der Waals surface area (Å²) in [5.74, 6) is 5.46. The number of fused-ring (bicyclic) bond motifs is 1. The molecular formula is C10H9BrFN3. The number of anilines is 1. The van der Waals surface area contributed by atoms with Crippen LogP contribution in [0.5, 0.6) is 0 Å². The van der Waals surface area contributed by atoms with Crippen molar-refractivity contribution in [3.63, 3.8) is 0 Å². The first-order chi connectivity index (χ1) is 7.13. The first-order valence-corrected chi connectivity index (χ1v) is 5.14. The average Bonchev–Trinajstić information content (AvgIpc) is 2.25. The number of aromatic nitrogens is 1. The summed E-state index contributed by atoms with van der Waals surface area (Å²) in [6.07, 6.45) is 0. The number of rotatable bonds is 1. The fourth-order valence-electron chi connectivity index (χ4n) is 1.47. The molecule has 1 heterocycles. The largest absolute Gasteiger partial charge is 0.308 e. The fraction of sp³-hybridized carbons (Fsp3) is 0.100. The predicted octanol–water partition coefficient (Wildman–Crippen LogP) is 2.73. The van der Waals surface area contributed by atoms with Crippen molar-refractivity contribution in [3.05, 3.63) is 34.1 Å². The van der Waals surface area contributed by atoms with Crippen LogP contribution in [0.3, 0.4) is 0 Å². The highest BCUT2D eigenvalue weighted by Gasteiger charge is 2.09. The number of hydrogen-bond acceptors (Lipinski definition) is 3. The summed E-state index contributed by atoms with van der Waals surface area (Å²) in [5, 5.41) is 0.487. The Hall–Kier alpha value is -1.20. The molecule has 0 spiro atoms. The van der Waals surface area contributed by atoms with Gasteiger partial charge in [-0.05, 0) is 46.6 Å². The Bertz CT molecular complexity index is 528. The molecule has 3 nitrogen and oxygen atoms in total. The SMILES string of the molecule is Cc1cc(Br)c(F)c2ccc(NN)nc12. The summed E-state index contributed by atoms with van der Waals surface area (Å²) >= 11 is 3.16. The zero-order valence-corrected chi connectivity index (χ0v) is 9.60. The van der Waals surface area contributed by atoms with E-state index < -0.39 is 0 Å². The number of nitrogens with two attached hydrogens (primary N) is 1. The lowest BCUT2D eigenvalue weighted by Crippen LogP contribution is -2.08. The van der Waals surface area contributed by atoms with Crippen LogP contribution in [0.15, 0.2) is 22.7 Å². The molecule has 0 unspecified atom stereocenters. The zero-order chi connectivity index (χ0) is 11.0. The number of hydrogen-bond donors (Lipinski definition) is 2. The predicted molar refractivity (Wildman–Crippen MR) is 61.9 cm³/mol. The Morgan fingerprint density at radius 2 is 2.20 bits per heavy atom. The quantitative estimate of drug-likeness (QED) is 0.618. The van der Waals surface area contributed by atoms with Gasteiger partial charge in [-0.2, -0.15) is 0 Å². The molecule has 0 aliphatic rings. The lowest BCUT2D eigenvalue weighted by atomic mass is 10.1. The number of benzene rings is 1. The van der Waals surface area contributed by atoms with Crippen molar-refractivity contribution < 1.29 is 4.39 Å². The van der Waals surface area contributed by atoms with Crippen molar-refractivity contribution in [1.82, 2.24) is 4.98 Å². The van der Waals surface area contributed by atoms with Crippen molar-refractivity contribution in [3.8, 4) is 0 Å². The highest BCUT2D eigenvalue weighted by Crippen LogP contribution is 2.27. The van der Waals surface area contributed by atoms with Crippen LogP contribution >= 0.6 is 15.9 Å². The summed E-state index contributed by atoms with van der Waals surface area (Å²) in [4.78, 5) is 4.20. The molecule has 1 aromatic heterocycles. The van der Waals surface area contributed by atoms with Crippen LogP contribution in [-0.2, 0) is 0 Å². The van der Waals surface area contributed by atoms with Crippen LogP contribution < -0.4 is 11.3 Å². The van der Waals surface area contributed by atoms with Crippen molar-refractivity contribution >= 4 is 32.7 Å². The maximum absolute atomic E-state index is 13.7. The second-order valence-electron chi connectivity index (χ2n) is 3.23. The van der Waals surface area contributed by atoms with Crippen molar-refractivity contribution in [1.29, 1.82) is 0 Å². The molecule has 0 atom stereocenters. The van der Waals surface area contributed by atoms with Gasteiger partial charge in [0.25, 0.3) is 0 Å². The molecule has 3 N–H and O–H groups in total. The maximum Gasteiger partial charge on any atom is 0.146 e. The molecule has 0 fully saturated rings. The molecule has 0 radical (unpaired) electrons. The van der Waals surface area contributed by atoms with Gasteiger partial charge in [-0.3, -0.25) is 0 Å². The third kappa shape index (κ3) is 1.68. The molecule has 0 aliphatic heterocycles. The van der Waals surface area contributed by atoms with Crippen LogP contribution in [0.4, 0.5) is 10.2 Å². The standard InChI is InChI=1S/C10H9BrFN3/c1-5-4-7(11)9(12)6-2-3-8(15-13)14-10(5)6/h2-4H,13H2,1H3,(H,14,15). The number of nitrogen functional groups attached to an aromatic ring is 1. The first kappa shape index (κ1) is 10.3. The van der Waals surface area contributed by atoms with Crippen LogP contribution in [0, 0.1) is 12.7 Å². The molecule has 15 heavy (non-hydrogen) atoms. The van der Waals surface area contributed by atoms with Gasteiger partial charge in [-0.1, -0.05) is 0 Å². The van der Waals surface area contributed by atoms with E-state index in [1.165, 1.54) is 0 Å². The van der Waals surface area contributed by atoms with E-state index in [1.54, 1.807) is 18.2 Å². The van der Waals surface area contributed by atoms with E-state index in [-0.39, 0.29) is 5.82 Å². The zero-order valence-electron chi connectivity index (χ0n) is 8.01. The minimum atomic E-state index is -0.299. The molecule has 0 bridgehead atoms. The monoisotopic (exact) mass is 269 g/mol. The van der Waals surface area contributed by atoms with Gasteiger partial charge in [0.1, 0.15) is 11.6 Å². The van der Waals surface area contributed by atoms with E-state index in [9.17, 15) is 4.39 Å². The molecule has 1 aromatic carbocycles. The molecule has 78 valence electrons. The number of nitrogens with zero attached hydrogens (tertiary/aromatic N) is 1. The smallest absolute Gasteiger partial charge is 0.146 e. The molecular weight excluding hydrogens is 261 g/mol. The minimum absolute atomic E-state index is 0.299. The molecule has 5 heteroatoms. The number of halogens is 2. The summed E-state index contributed by atoms with van der Waals surface area (Å²) in [5.41, 5.74) is 3.95. The van der Waals surface area contributed by atoms with Gasteiger partial charge in [0, 0.05) is 5.39 Å². The molecule has 0 aliphatic carbocycles. The molecule has 2 rings (SSSR count). The Balaban J connectivity index is 2.84. The Morgan fingerprint density at radius 3 is 2.87 bits per heavy atom. The van der Waals surface area contributed by atoms with Crippen molar-refractivity contribution in [2.45, 2.75) is 6.92 Å². The second kappa shape index (κ2) is 3.75. The topological polar surface area (TPSA) is 50.9 Å². The number of pyridine rings is 1. The van der Waals surface area contributed by atoms with Gasteiger partial charge < -0.3 is 5.43 Å². The van der Waals surface area contributed by atoms with E-state index in [0.29, 0.717) is 21.2 Å². The summed E-state index contributed by atoms with van der Waals surface area (Å²) in [6.45, 7) is 1.87. The molecule has 0 saturated heterocycles. The third-order valence-electron chi connectivity index (χ3n) is 2.21. The summed E-state index contributed by atoms with van der Waals surface area (Å²) in [7, 11) is 0. The van der Waals surface area contributed by atoms with Gasteiger partial charge in [-0.15, -0.1) is 0 Å². The van der Waals surface area contributed by atoms with E-state index >= 15 is 0 Å². The van der Waals surface area contributed by atoms with E-state index in [4.69, 9.17) is 5.84 Å². The van der Waals surface area contributed by atoms with Gasteiger partial charge in [0.15, 0.2) is 0 Å². The molecule has 2 aromatic rings. The minimum Gasteiger partial charge on any atom is -0.308 e. The van der Waals surface area contributed by atoms with Gasteiger partial charge in [0.2, 0.25) is 0 Å². The van der Waals surface area contributed by atoms with Gasteiger partial charge >= 0.3 is 0 Å². The lowest BCUT2D eigenvalue weighted by molar-refractivity contribution is 0.632. The Kier molecular flexibility index (Phi) is 2.58. The third-order valence-corrected chi connectivity index (χ3v) is 2.78. The van der Waals surface area contributed by atoms with Crippen LogP contribution in [-0.4, -0.2) is 4.98 Å². The van der Waals surface area contributed by atoms with Crippen LogP contribution in [0.1, 0.15) is 5.56 Å². The molecule has 0 saturated carbocycles. The van der Waals surface area contributed by atoms with E-state index in [2.05, 4.69) is 26.3 Å². The lowest BCUT2D eigenvalue weighted by Gasteiger charge is -2.06. The van der Waals surface area contributed by atoms with Gasteiger partial charge in [0.05, 0.1) is 9.99 Å². The fourth-order valence-corrected chi connectivity index (χ4v) is 2.02. The van der Waals surface area contributed by atoms with E-state index in [0.717, 1.165) is 5.56 Å². The highest BCUT2D eigenvalue weighted by molar-refractivity contribution is 9.10. The Labute approximate surface area is 94.6 Å². The van der Waals surface area contributed by atoms with Crippen molar-refractivity contribution in [2.75, 3.05) is 5.43 Å². The van der Waals surface area contributed by atoms with Crippen LogP contribution in [0.25, 0.3) is 10.9 Å². The highest BCUT2D eigenvalue weighted by atomic mass is 79.9. The van der Waals surface area contributed by atoms with Crippen LogP contribution in [0.2, 0.25) is 0 Å². The maximum atomic E-state index is 13.7. The average molecular weight is 270 g/mol. The number of nitrogens with one attached hydrogen (secondary N) is 1. The number of hydrazine groups is 1. The second-order valence-corrected chi connectivity index (χ2v) is 4.08. The Morgan fingerprint density at radius 1 is 1.47 bits per heavy atom. The number of aryl methyl sites for hydroxylation is 1. The first-order valence-electron chi connectivity index (χ1n) is 4.35. The summed E-state index contributed by atoms with van der Waals surface area (Å²) < 4.78 is 14.1. The van der Waals surface area contributed by atoms with Gasteiger partial charge in [-0.25, -0.2) is 15.2 Å². The van der Waals surface area contributed by atoms with E-state index in [1.807, 2.05) is 6.92 Å². The normalized spacial score (nSPS) is 10.7. The van der Waals surface area contributed by atoms with Crippen molar-refractivity contribution in [2.24, 2.45) is 5.84 Å². The molecule has 0 amide bonds. The summed E-state index contributed by atoms with van der Waals surface area (Å²) in [6, 6.07) is 4.99.